The molecule has 4 nitrogen and oxygen atoms in total. The van der Waals surface area contributed by atoms with Gasteiger partial charge in [0, 0.05) is 16.2 Å². The molecule has 4 aliphatic carbocycles. The maximum Gasteiger partial charge on any atom is 0.320 e. The Labute approximate surface area is 133 Å². The van der Waals surface area contributed by atoms with Crippen molar-refractivity contribution in [2.24, 2.45) is 17.8 Å². The summed E-state index contributed by atoms with van der Waals surface area (Å²) in [5, 5.41) is 6.15. The summed E-state index contributed by atoms with van der Waals surface area (Å²) in [6, 6.07) is 3.59. The van der Waals surface area contributed by atoms with Crippen molar-refractivity contribution in [3.8, 4) is 0 Å². The summed E-state index contributed by atoms with van der Waals surface area (Å²) >= 11 is 3.35. The summed E-state index contributed by atoms with van der Waals surface area (Å²) in [5.74, 6) is 3.10. The molecule has 0 aromatic carbocycles. The lowest BCUT2D eigenvalue weighted by atomic mass is 9.53. The number of hydrogen-bond acceptors (Lipinski definition) is 2. The van der Waals surface area contributed by atoms with Crippen molar-refractivity contribution < 1.29 is 4.79 Å². The Balaban J connectivity index is 1.43. The van der Waals surface area contributed by atoms with Crippen LogP contribution in [-0.4, -0.2) is 16.6 Å². The van der Waals surface area contributed by atoms with E-state index in [2.05, 4.69) is 31.5 Å². The van der Waals surface area contributed by atoms with Crippen LogP contribution in [0, 0.1) is 17.8 Å². The lowest BCUT2D eigenvalue weighted by Crippen LogP contribution is -2.60. The summed E-state index contributed by atoms with van der Waals surface area (Å²) in [4.78, 5) is 16.5. The summed E-state index contributed by atoms with van der Waals surface area (Å²) in [6.45, 7) is 0. The van der Waals surface area contributed by atoms with Gasteiger partial charge in [0.15, 0.2) is 0 Å². The van der Waals surface area contributed by atoms with Gasteiger partial charge in [-0.05, 0) is 84.3 Å². The molecule has 0 saturated heterocycles. The number of rotatable bonds is 2. The van der Waals surface area contributed by atoms with Gasteiger partial charge in [-0.1, -0.05) is 0 Å². The Morgan fingerprint density at radius 2 is 1.76 bits per heavy atom. The topological polar surface area (TPSA) is 54.0 Å². The quantitative estimate of drug-likeness (QED) is 0.849. The number of urea groups is 1. The van der Waals surface area contributed by atoms with E-state index in [-0.39, 0.29) is 11.6 Å². The number of nitrogens with zero attached hydrogens (tertiary/aromatic N) is 1. The number of aromatic nitrogens is 1. The molecule has 0 radical (unpaired) electrons. The maximum atomic E-state index is 12.3. The molecule has 0 unspecified atom stereocenters. The van der Waals surface area contributed by atoms with Gasteiger partial charge >= 0.3 is 6.03 Å². The average molecular weight is 350 g/mol. The second kappa shape index (κ2) is 4.97. The molecule has 21 heavy (non-hydrogen) atoms. The second-order valence-corrected chi connectivity index (χ2v) is 8.05. The highest BCUT2D eigenvalue weighted by Crippen LogP contribution is 2.55. The number of carbonyl (C=O) groups excluding carboxylic acids is 1. The normalized spacial score (nSPS) is 36.5. The van der Waals surface area contributed by atoms with Gasteiger partial charge in [0.2, 0.25) is 0 Å². The van der Waals surface area contributed by atoms with Gasteiger partial charge in [-0.2, -0.15) is 0 Å². The zero-order valence-corrected chi connectivity index (χ0v) is 13.5. The SMILES string of the molecule is O=C(Nc1ccc(Br)cn1)NC12CC3CC(CC(C3)C1)C2. The summed E-state index contributed by atoms with van der Waals surface area (Å²) < 4.78 is 0.912. The van der Waals surface area contributed by atoms with Crippen molar-refractivity contribution in [1.29, 1.82) is 0 Å². The third-order valence-electron chi connectivity index (χ3n) is 5.39. The first-order valence-electron chi connectivity index (χ1n) is 7.81. The van der Waals surface area contributed by atoms with Crippen LogP contribution in [0.4, 0.5) is 10.6 Å². The zero-order chi connectivity index (χ0) is 14.4. The van der Waals surface area contributed by atoms with E-state index in [1.165, 1.54) is 38.5 Å². The van der Waals surface area contributed by atoms with Crippen LogP contribution in [0.25, 0.3) is 0 Å². The van der Waals surface area contributed by atoms with Crippen LogP contribution in [0.3, 0.4) is 0 Å². The highest BCUT2D eigenvalue weighted by molar-refractivity contribution is 9.10. The third kappa shape index (κ3) is 2.68. The molecule has 5 rings (SSSR count). The van der Waals surface area contributed by atoms with Crippen molar-refractivity contribution in [2.75, 3.05) is 5.32 Å². The second-order valence-electron chi connectivity index (χ2n) is 7.14. The standard InChI is InChI=1S/C16H20BrN3O/c17-13-1-2-14(18-9-13)19-15(21)20-16-6-10-3-11(7-16)5-12(4-10)8-16/h1-2,9-12H,3-8H2,(H2,18,19,20,21). The zero-order valence-electron chi connectivity index (χ0n) is 11.9. The van der Waals surface area contributed by atoms with Gasteiger partial charge in [0.05, 0.1) is 0 Å². The van der Waals surface area contributed by atoms with E-state index in [1.54, 1.807) is 6.20 Å². The van der Waals surface area contributed by atoms with Crippen LogP contribution in [0.1, 0.15) is 38.5 Å². The van der Waals surface area contributed by atoms with E-state index < -0.39 is 0 Å². The molecule has 1 heterocycles. The smallest absolute Gasteiger partial charge is 0.320 e. The Morgan fingerprint density at radius 1 is 1.14 bits per heavy atom. The highest BCUT2D eigenvalue weighted by atomic mass is 79.9. The van der Waals surface area contributed by atoms with E-state index in [4.69, 9.17) is 0 Å². The minimum Gasteiger partial charge on any atom is -0.332 e. The van der Waals surface area contributed by atoms with Gasteiger partial charge in [-0.25, -0.2) is 9.78 Å². The fourth-order valence-corrected chi connectivity index (χ4v) is 5.34. The molecule has 5 heteroatoms. The summed E-state index contributed by atoms with van der Waals surface area (Å²) in [7, 11) is 0. The van der Waals surface area contributed by atoms with Crippen LogP contribution in [0.5, 0.6) is 0 Å². The molecule has 4 saturated carbocycles. The first kappa shape index (κ1) is 13.6. The maximum absolute atomic E-state index is 12.3. The first-order valence-corrected chi connectivity index (χ1v) is 8.60. The lowest BCUT2D eigenvalue weighted by molar-refractivity contribution is -0.0127. The molecule has 2 N–H and O–H groups in total. The Morgan fingerprint density at radius 3 is 2.29 bits per heavy atom. The van der Waals surface area contributed by atoms with E-state index in [0.29, 0.717) is 5.82 Å². The number of carbonyl (C=O) groups is 1. The number of amides is 2. The molecule has 0 atom stereocenters. The van der Waals surface area contributed by atoms with Crippen molar-refractivity contribution in [2.45, 2.75) is 44.1 Å². The molecule has 1 aromatic rings. The van der Waals surface area contributed by atoms with Crippen molar-refractivity contribution >= 4 is 27.8 Å². The highest BCUT2D eigenvalue weighted by Gasteiger charge is 2.51. The Hall–Kier alpha value is -1.10. The third-order valence-corrected chi connectivity index (χ3v) is 5.86. The van der Waals surface area contributed by atoms with Gasteiger partial charge in [0.1, 0.15) is 5.82 Å². The minimum absolute atomic E-state index is 0.0498. The van der Waals surface area contributed by atoms with Crippen molar-refractivity contribution in [3.05, 3.63) is 22.8 Å². The molecule has 4 fully saturated rings. The molecular formula is C16H20BrN3O. The predicted octanol–water partition coefficient (Wildman–Crippen LogP) is 3.93. The summed E-state index contributed by atoms with van der Waals surface area (Å²) in [6.07, 6.45) is 9.35. The van der Waals surface area contributed by atoms with Gasteiger partial charge < -0.3 is 5.32 Å². The minimum atomic E-state index is -0.105. The van der Waals surface area contributed by atoms with E-state index >= 15 is 0 Å². The van der Waals surface area contributed by atoms with Crippen LogP contribution in [0.2, 0.25) is 0 Å². The first-order chi connectivity index (χ1) is 10.1. The number of halogens is 1. The van der Waals surface area contributed by atoms with Crippen molar-refractivity contribution in [1.82, 2.24) is 10.3 Å². The van der Waals surface area contributed by atoms with Crippen LogP contribution in [-0.2, 0) is 0 Å². The largest absolute Gasteiger partial charge is 0.332 e. The number of nitrogens with one attached hydrogen (secondary N) is 2. The molecule has 0 aliphatic heterocycles. The molecule has 4 aliphatic rings. The summed E-state index contributed by atoms with van der Waals surface area (Å²) in [5.41, 5.74) is 0.0498. The molecule has 112 valence electrons. The Kier molecular flexibility index (Phi) is 3.21. The van der Waals surface area contributed by atoms with Gasteiger partial charge in [-0.3, -0.25) is 5.32 Å². The molecule has 4 bridgehead atoms. The molecular weight excluding hydrogens is 330 g/mol. The molecule has 0 spiro atoms. The predicted molar refractivity (Wildman–Crippen MR) is 85.0 cm³/mol. The van der Waals surface area contributed by atoms with E-state index in [1.807, 2.05) is 12.1 Å². The van der Waals surface area contributed by atoms with Gasteiger partial charge in [0.25, 0.3) is 0 Å². The van der Waals surface area contributed by atoms with Gasteiger partial charge in [-0.15, -0.1) is 0 Å². The number of pyridine rings is 1. The van der Waals surface area contributed by atoms with Crippen LogP contribution < -0.4 is 10.6 Å². The Bertz CT molecular complexity index is 522. The van der Waals surface area contributed by atoms with E-state index in [0.717, 1.165) is 22.2 Å². The monoisotopic (exact) mass is 349 g/mol. The van der Waals surface area contributed by atoms with Crippen LogP contribution >= 0.6 is 15.9 Å². The fraction of sp³-hybridized carbons (Fsp3) is 0.625. The van der Waals surface area contributed by atoms with Crippen LogP contribution in [0.15, 0.2) is 22.8 Å². The number of hydrogen-bond donors (Lipinski definition) is 2. The average Bonchev–Trinajstić information content (AvgIpc) is 2.39. The van der Waals surface area contributed by atoms with E-state index in [9.17, 15) is 4.79 Å². The fourth-order valence-electron chi connectivity index (χ4n) is 5.10. The molecule has 2 amide bonds. The molecule has 1 aromatic heterocycles. The van der Waals surface area contributed by atoms with Crippen molar-refractivity contribution in [3.63, 3.8) is 0 Å². The number of anilines is 1. The lowest BCUT2D eigenvalue weighted by Gasteiger charge is -2.56.